The van der Waals surface area contributed by atoms with Gasteiger partial charge in [-0.1, -0.05) is 0 Å². The van der Waals surface area contributed by atoms with Gasteiger partial charge in [0.15, 0.2) is 29.3 Å². The number of rotatable bonds is 4. The number of carbonyl (C=O) groups excluding carboxylic acids is 1. The van der Waals surface area contributed by atoms with E-state index in [0.29, 0.717) is 37.0 Å². The molecule has 0 unspecified atom stereocenters. The number of oxazole rings is 1. The van der Waals surface area contributed by atoms with Crippen molar-refractivity contribution >= 4 is 17.2 Å². The predicted molar refractivity (Wildman–Crippen MR) is 88.4 cm³/mol. The van der Waals surface area contributed by atoms with E-state index in [1.807, 2.05) is 22.9 Å². The second-order valence-electron chi connectivity index (χ2n) is 5.20. The molecular weight excluding hydrogens is 328 g/mol. The van der Waals surface area contributed by atoms with Crippen molar-refractivity contribution in [3.05, 3.63) is 52.7 Å². The Balaban J connectivity index is 1.57. The molecule has 0 saturated carbocycles. The van der Waals surface area contributed by atoms with Crippen LogP contribution in [0.1, 0.15) is 16.1 Å². The first-order valence-electron chi connectivity index (χ1n) is 7.44. The Morgan fingerprint density at radius 2 is 2.08 bits per heavy atom. The van der Waals surface area contributed by atoms with Crippen molar-refractivity contribution in [3.8, 4) is 22.8 Å². The van der Waals surface area contributed by atoms with Crippen LogP contribution in [-0.2, 0) is 6.54 Å². The highest BCUT2D eigenvalue weighted by Crippen LogP contribution is 2.35. The van der Waals surface area contributed by atoms with Gasteiger partial charge in [-0.3, -0.25) is 4.79 Å². The number of nitrogens with zero attached hydrogens (tertiary/aromatic N) is 1. The third kappa shape index (κ3) is 2.85. The van der Waals surface area contributed by atoms with Crippen molar-refractivity contribution in [3.63, 3.8) is 0 Å². The zero-order valence-electron chi connectivity index (χ0n) is 12.7. The van der Waals surface area contributed by atoms with Gasteiger partial charge in [0.05, 0.1) is 0 Å². The van der Waals surface area contributed by atoms with Crippen molar-refractivity contribution in [1.29, 1.82) is 0 Å². The van der Waals surface area contributed by atoms with Crippen LogP contribution in [0.15, 0.2) is 45.8 Å². The Morgan fingerprint density at radius 3 is 2.92 bits per heavy atom. The fraction of sp³-hybridized carbons (Fsp3) is 0.176. The van der Waals surface area contributed by atoms with Crippen LogP contribution in [0.5, 0.6) is 11.5 Å². The monoisotopic (exact) mass is 342 g/mol. The molecule has 0 atom stereocenters. The lowest BCUT2D eigenvalue weighted by Crippen LogP contribution is -2.23. The average molecular weight is 342 g/mol. The highest BCUT2D eigenvalue weighted by atomic mass is 32.1. The van der Waals surface area contributed by atoms with E-state index in [1.54, 1.807) is 23.5 Å². The SMILES string of the molecule is O=C(NCc1ccsc1)c1ncoc1-c1ccc2c(c1)OCCO2. The smallest absolute Gasteiger partial charge is 0.274 e. The van der Waals surface area contributed by atoms with Crippen LogP contribution >= 0.6 is 11.3 Å². The number of nitrogens with one attached hydrogen (secondary N) is 1. The molecule has 0 spiro atoms. The second kappa shape index (κ2) is 6.37. The summed E-state index contributed by atoms with van der Waals surface area (Å²) < 4.78 is 16.5. The molecule has 1 aromatic carbocycles. The van der Waals surface area contributed by atoms with E-state index in [1.165, 1.54) is 6.39 Å². The maximum Gasteiger partial charge on any atom is 0.274 e. The largest absolute Gasteiger partial charge is 0.486 e. The standard InChI is InChI=1S/C17H14N2O4S/c20-17(18-8-11-3-6-24-9-11)15-16(23-10-19-15)12-1-2-13-14(7-12)22-5-4-21-13/h1-3,6-7,9-10H,4-5,8H2,(H,18,20). The molecule has 4 rings (SSSR count). The van der Waals surface area contributed by atoms with Crippen LogP contribution in [-0.4, -0.2) is 24.1 Å². The molecule has 24 heavy (non-hydrogen) atoms. The van der Waals surface area contributed by atoms with Crippen LogP contribution in [0.2, 0.25) is 0 Å². The third-order valence-electron chi connectivity index (χ3n) is 3.62. The number of aromatic nitrogens is 1. The molecule has 1 aliphatic rings. The second-order valence-corrected chi connectivity index (χ2v) is 5.98. The number of benzene rings is 1. The average Bonchev–Trinajstić information content (AvgIpc) is 3.31. The lowest BCUT2D eigenvalue weighted by atomic mass is 10.1. The molecule has 2 aromatic heterocycles. The van der Waals surface area contributed by atoms with E-state index in [2.05, 4.69) is 10.3 Å². The van der Waals surface area contributed by atoms with Gasteiger partial charge in [-0.25, -0.2) is 4.98 Å². The van der Waals surface area contributed by atoms with Gasteiger partial charge in [-0.05, 0) is 40.6 Å². The number of hydrogen-bond donors (Lipinski definition) is 1. The summed E-state index contributed by atoms with van der Waals surface area (Å²) in [5, 5.41) is 6.81. The van der Waals surface area contributed by atoms with Crippen molar-refractivity contribution in [2.75, 3.05) is 13.2 Å². The number of fused-ring (bicyclic) bond motifs is 1. The van der Waals surface area contributed by atoms with Crippen molar-refractivity contribution < 1.29 is 18.7 Å². The molecule has 7 heteroatoms. The Morgan fingerprint density at radius 1 is 1.21 bits per heavy atom. The number of hydrogen-bond acceptors (Lipinski definition) is 6. The summed E-state index contributed by atoms with van der Waals surface area (Å²) in [5.74, 6) is 1.46. The molecule has 0 bridgehead atoms. The number of carbonyl (C=O) groups is 1. The van der Waals surface area contributed by atoms with E-state index < -0.39 is 0 Å². The molecule has 1 amide bonds. The zero-order valence-corrected chi connectivity index (χ0v) is 13.5. The first-order chi connectivity index (χ1) is 11.8. The summed E-state index contributed by atoms with van der Waals surface area (Å²) in [6, 6.07) is 7.39. The van der Waals surface area contributed by atoms with E-state index >= 15 is 0 Å². The lowest BCUT2D eigenvalue weighted by Gasteiger charge is -2.18. The van der Waals surface area contributed by atoms with Gasteiger partial charge in [-0.15, -0.1) is 0 Å². The third-order valence-corrected chi connectivity index (χ3v) is 4.35. The first-order valence-corrected chi connectivity index (χ1v) is 8.38. The summed E-state index contributed by atoms with van der Waals surface area (Å²) in [5.41, 5.74) is 2.03. The quantitative estimate of drug-likeness (QED) is 0.789. The van der Waals surface area contributed by atoms with Crippen LogP contribution in [0.3, 0.4) is 0 Å². The van der Waals surface area contributed by atoms with Gasteiger partial charge in [0.1, 0.15) is 13.2 Å². The normalized spacial score (nSPS) is 12.8. The molecule has 1 aliphatic heterocycles. The minimum absolute atomic E-state index is 0.252. The minimum Gasteiger partial charge on any atom is -0.486 e. The Bertz CT molecular complexity index is 857. The highest BCUT2D eigenvalue weighted by molar-refractivity contribution is 7.07. The zero-order chi connectivity index (χ0) is 16.4. The molecule has 3 aromatic rings. The van der Waals surface area contributed by atoms with Crippen molar-refractivity contribution in [1.82, 2.24) is 10.3 Å². The van der Waals surface area contributed by atoms with Gasteiger partial charge < -0.3 is 19.2 Å². The van der Waals surface area contributed by atoms with E-state index in [-0.39, 0.29) is 11.6 Å². The van der Waals surface area contributed by atoms with Crippen LogP contribution in [0.25, 0.3) is 11.3 Å². The molecule has 0 fully saturated rings. The summed E-state index contributed by atoms with van der Waals surface area (Å²) in [6.07, 6.45) is 1.27. The summed E-state index contributed by atoms with van der Waals surface area (Å²) in [4.78, 5) is 16.5. The Labute approximate surface area is 142 Å². The lowest BCUT2D eigenvalue weighted by molar-refractivity contribution is 0.0947. The van der Waals surface area contributed by atoms with Gasteiger partial charge in [0.2, 0.25) is 0 Å². The van der Waals surface area contributed by atoms with Crippen LogP contribution < -0.4 is 14.8 Å². The van der Waals surface area contributed by atoms with E-state index in [9.17, 15) is 4.79 Å². The predicted octanol–water partition coefficient (Wildman–Crippen LogP) is 3.10. The Hall–Kier alpha value is -2.80. The number of ether oxygens (including phenoxy) is 2. The van der Waals surface area contributed by atoms with E-state index in [0.717, 1.165) is 11.1 Å². The number of amides is 1. The number of thiophene rings is 1. The van der Waals surface area contributed by atoms with E-state index in [4.69, 9.17) is 13.9 Å². The fourth-order valence-electron chi connectivity index (χ4n) is 2.46. The van der Waals surface area contributed by atoms with Crippen molar-refractivity contribution in [2.45, 2.75) is 6.54 Å². The van der Waals surface area contributed by atoms with Gasteiger partial charge >= 0.3 is 0 Å². The summed E-state index contributed by atoms with van der Waals surface area (Å²) in [7, 11) is 0. The highest BCUT2D eigenvalue weighted by Gasteiger charge is 2.20. The van der Waals surface area contributed by atoms with Gasteiger partial charge in [0.25, 0.3) is 5.91 Å². The molecule has 0 aliphatic carbocycles. The maximum absolute atomic E-state index is 12.4. The summed E-state index contributed by atoms with van der Waals surface area (Å²) in [6.45, 7) is 1.49. The molecule has 0 radical (unpaired) electrons. The van der Waals surface area contributed by atoms with Crippen LogP contribution in [0, 0.1) is 0 Å². The van der Waals surface area contributed by atoms with Crippen molar-refractivity contribution in [2.24, 2.45) is 0 Å². The summed E-state index contributed by atoms with van der Waals surface area (Å²) >= 11 is 1.59. The maximum atomic E-state index is 12.4. The topological polar surface area (TPSA) is 73.6 Å². The Kier molecular flexibility index (Phi) is 3.92. The van der Waals surface area contributed by atoms with Gasteiger partial charge in [0, 0.05) is 12.1 Å². The molecule has 122 valence electrons. The molecular formula is C17H14N2O4S. The van der Waals surface area contributed by atoms with Gasteiger partial charge in [-0.2, -0.15) is 11.3 Å². The fourth-order valence-corrected chi connectivity index (χ4v) is 3.13. The minimum atomic E-state index is -0.278. The molecule has 1 N–H and O–H groups in total. The molecule has 0 saturated heterocycles. The first kappa shape index (κ1) is 14.8. The molecule has 6 nitrogen and oxygen atoms in total. The van der Waals surface area contributed by atoms with Crippen LogP contribution in [0.4, 0.5) is 0 Å². The molecule has 3 heterocycles.